The molecule has 0 radical (unpaired) electrons. The fraction of sp³-hybridized carbons (Fsp3) is 0.533. The molecule has 0 saturated heterocycles. The van der Waals surface area contributed by atoms with Crippen LogP contribution in [0.25, 0.3) is 0 Å². The molecule has 2 N–H and O–H groups in total. The summed E-state index contributed by atoms with van der Waals surface area (Å²) in [5.41, 5.74) is 6.51. The maximum absolute atomic E-state index is 12.1. The van der Waals surface area contributed by atoms with Crippen molar-refractivity contribution in [2.75, 3.05) is 13.7 Å². The Kier molecular flexibility index (Phi) is 4.02. The molecule has 1 aromatic carbocycles. The number of carbonyl (C=O) groups excluding carboxylic acids is 1. The van der Waals surface area contributed by atoms with Crippen molar-refractivity contribution in [3.05, 3.63) is 35.9 Å². The molecule has 0 aliphatic heterocycles. The Balaban J connectivity index is 2.19. The van der Waals surface area contributed by atoms with Gasteiger partial charge in [0.15, 0.2) is 0 Å². The smallest absolute Gasteiger partial charge is 0.313 e. The molecule has 3 nitrogen and oxygen atoms in total. The number of nitrogens with two attached hydrogens (primary N) is 1. The monoisotopic (exact) mass is 247 g/mol. The molecule has 1 fully saturated rings. The van der Waals surface area contributed by atoms with Gasteiger partial charge in [-0.1, -0.05) is 43.2 Å². The predicted octanol–water partition coefficient (Wildman–Crippen LogP) is 2.15. The summed E-state index contributed by atoms with van der Waals surface area (Å²) < 4.78 is 4.99. The number of benzene rings is 1. The summed E-state index contributed by atoms with van der Waals surface area (Å²) in [6.45, 7) is 0.352. The molecule has 1 saturated carbocycles. The van der Waals surface area contributed by atoms with E-state index >= 15 is 0 Å². The number of rotatable bonds is 6. The third-order valence-corrected chi connectivity index (χ3v) is 3.77. The molecule has 2 rings (SSSR count). The first kappa shape index (κ1) is 13.1. The van der Waals surface area contributed by atoms with Crippen LogP contribution in [0, 0.1) is 11.3 Å². The fourth-order valence-electron chi connectivity index (χ4n) is 2.54. The molecule has 1 atom stereocenters. The molecule has 18 heavy (non-hydrogen) atoms. The average molecular weight is 247 g/mol. The van der Waals surface area contributed by atoms with Gasteiger partial charge in [-0.15, -0.1) is 0 Å². The Morgan fingerprint density at radius 2 is 2.06 bits per heavy atom. The van der Waals surface area contributed by atoms with Crippen LogP contribution in [-0.2, 0) is 16.0 Å². The predicted molar refractivity (Wildman–Crippen MR) is 71.0 cm³/mol. The Labute approximate surface area is 108 Å². The number of esters is 1. The van der Waals surface area contributed by atoms with Crippen molar-refractivity contribution in [3.63, 3.8) is 0 Å². The van der Waals surface area contributed by atoms with Crippen LogP contribution in [0.4, 0.5) is 0 Å². The van der Waals surface area contributed by atoms with Crippen molar-refractivity contribution in [3.8, 4) is 0 Å². The minimum Gasteiger partial charge on any atom is -0.469 e. The van der Waals surface area contributed by atoms with Crippen molar-refractivity contribution >= 4 is 5.97 Å². The van der Waals surface area contributed by atoms with Crippen LogP contribution in [-0.4, -0.2) is 19.6 Å². The maximum atomic E-state index is 12.1. The molecule has 0 heterocycles. The third-order valence-electron chi connectivity index (χ3n) is 3.77. The standard InChI is InChI=1S/C15H21NO2/c1-18-14(17)15(11-16,10-13-7-8-13)9-12-5-3-2-4-6-12/h2-6,13H,7-11,16H2,1H3. The number of methoxy groups -OCH3 is 1. The van der Waals surface area contributed by atoms with Gasteiger partial charge in [0, 0.05) is 6.54 Å². The van der Waals surface area contributed by atoms with E-state index in [1.807, 2.05) is 30.3 Å². The van der Waals surface area contributed by atoms with Gasteiger partial charge in [0.1, 0.15) is 0 Å². The van der Waals surface area contributed by atoms with E-state index in [0.717, 1.165) is 12.0 Å². The molecule has 98 valence electrons. The lowest BCUT2D eigenvalue weighted by Crippen LogP contribution is -2.42. The summed E-state index contributed by atoms with van der Waals surface area (Å²) in [5, 5.41) is 0. The number of hydrogen-bond donors (Lipinski definition) is 1. The topological polar surface area (TPSA) is 52.3 Å². The van der Waals surface area contributed by atoms with Gasteiger partial charge < -0.3 is 10.5 Å². The van der Waals surface area contributed by atoms with Crippen LogP contribution < -0.4 is 5.73 Å². The summed E-state index contributed by atoms with van der Waals surface area (Å²) in [6.07, 6.45) is 3.96. The first-order valence-corrected chi connectivity index (χ1v) is 6.52. The normalized spacial score (nSPS) is 18.1. The lowest BCUT2D eigenvalue weighted by atomic mass is 9.77. The van der Waals surface area contributed by atoms with Crippen LogP contribution >= 0.6 is 0 Å². The zero-order valence-electron chi connectivity index (χ0n) is 10.9. The van der Waals surface area contributed by atoms with Gasteiger partial charge in [0.2, 0.25) is 0 Å². The summed E-state index contributed by atoms with van der Waals surface area (Å²) in [4.78, 5) is 12.1. The fourth-order valence-corrected chi connectivity index (χ4v) is 2.54. The van der Waals surface area contributed by atoms with E-state index < -0.39 is 5.41 Å². The van der Waals surface area contributed by atoms with Gasteiger partial charge in [-0.2, -0.15) is 0 Å². The highest BCUT2D eigenvalue weighted by Crippen LogP contribution is 2.42. The van der Waals surface area contributed by atoms with Crippen LogP contribution in [0.1, 0.15) is 24.8 Å². The summed E-state index contributed by atoms with van der Waals surface area (Å²) in [5.74, 6) is 0.483. The molecule has 1 unspecified atom stereocenters. The van der Waals surface area contributed by atoms with E-state index in [1.54, 1.807) is 0 Å². The summed E-state index contributed by atoms with van der Waals surface area (Å²) in [7, 11) is 1.45. The number of carbonyl (C=O) groups is 1. The average Bonchev–Trinajstić information content (AvgIpc) is 3.22. The van der Waals surface area contributed by atoms with E-state index in [0.29, 0.717) is 18.9 Å². The lowest BCUT2D eigenvalue weighted by molar-refractivity contribution is -0.153. The van der Waals surface area contributed by atoms with Crippen LogP contribution in [0.2, 0.25) is 0 Å². The quantitative estimate of drug-likeness (QED) is 0.784. The van der Waals surface area contributed by atoms with Crippen LogP contribution in [0.15, 0.2) is 30.3 Å². The van der Waals surface area contributed by atoms with Crippen molar-refractivity contribution in [2.24, 2.45) is 17.1 Å². The van der Waals surface area contributed by atoms with Crippen molar-refractivity contribution < 1.29 is 9.53 Å². The van der Waals surface area contributed by atoms with Gasteiger partial charge in [0.05, 0.1) is 12.5 Å². The van der Waals surface area contributed by atoms with Gasteiger partial charge >= 0.3 is 5.97 Å². The van der Waals surface area contributed by atoms with E-state index in [-0.39, 0.29) is 5.97 Å². The molecule has 0 aromatic heterocycles. The van der Waals surface area contributed by atoms with E-state index in [9.17, 15) is 4.79 Å². The van der Waals surface area contributed by atoms with Gasteiger partial charge in [-0.05, 0) is 24.3 Å². The minimum atomic E-state index is -0.544. The first-order valence-electron chi connectivity index (χ1n) is 6.52. The molecule has 1 aliphatic carbocycles. The first-order chi connectivity index (χ1) is 8.70. The van der Waals surface area contributed by atoms with Crippen LogP contribution in [0.5, 0.6) is 0 Å². The lowest BCUT2D eigenvalue weighted by Gasteiger charge is -2.29. The molecule has 3 heteroatoms. The second kappa shape index (κ2) is 5.53. The highest BCUT2D eigenvalue weighted by Gasteiger charge is 2.43. The molecule has 0 spiro atoms. The second-order valence-corrected chi connectivity index (χ2v) is 5.29. The Morgan fingerprint density at radius 3 is 2.56 bits per heavy atom. The van der Waals surface area contributed by atoms with Crippen molar-refractivity contribution in [1.82, 2.24) is 0 Å². The second-order valence-electron chi connectivity index (χ2n) is 5.29. The molecule has 1 aromatic rings. The highest BCUT2D eigenvalue weighted by molar-refractivity contribution is 5.77. The zero-order valence-corrected chi connectivity index (χ0v) is 10.9. The highest BCUT2D eigenvalue weighted by atomic mass is 16.5. The van der Waals surface area contributed by atoms with E-state index in [4.69, 9.17) is 10.5 Å². The van der Waals surface area contributed by atoms with Crippen LogP contribution in [0.3, 0.4) is 0 Å². The van der Waals surface area contributed by atoms with Crippen molar-refractivity contribution in [1.29, 1.82) is 0 Å². The maximum Gasteiger partial charge on any atom is 0.313 e. The van der Waals surface area contributed by atoms with E-state index in [1.165, 1.54) is 20.0 Å². The van der Waals surface area contributed by atoms with Gasteiger partial charge in [0.25, 0.3) is 0 Å². The molecule has 0 amide bonds. The number of hydrogen-bond acceptors (Lipinski definition) is 3. The molecular formula is C15H21NO2. The zero-order chi connectivity index (χ0) is 13.0. The molecule has 0 bridgehead atoms. The number of ether oxygens (including phenoxy) is 1. The molecule has 1 aliphatic rings. The van der Waals surface area contributed by atoms with Gasteiger partial charge in [-0.25, -0.2) is 0 Å². The Bertz CT molecular complexity index is 400. The van der Waals surface area contributed by atoms with Gasteiger partial charge in [-0.3, -0.25) is 4.79 Å². The Hall–Kier alpha value is -1.35. The largest absolute Gasteiger partial charge is 0.469 e. The van der Waals surface area contributed by atoms with Crippen molar-refractivity contribution in [2.45, 2.75) is 25.7 Å². The minimum absolute atomic E-state index is 0.166. The molecular weight excluding hydrogens is 226 g/mol. The Morgan fingerprint density at radius 1 is 1.39 bits per heavy atom. The summed E-state index contributed by atoms with van der Waals surface area (Å²) >= 11 is 0. The SMILES string of the molecule is COC(=O)C(CN)(Cc1ccccc1)CC1CC1. The third kappa shape index (κ3) is 2.91. The summed E-state index contributed by atoms with van der Waals surface area (Å²) in [6, 6.07) is 10.0. The van der Waals surface area contributed by atoms with E-state index in [2.05, 4.69) is 0 Å².